The zero-order valence-corrected chi connectivity index (χ0v) is 20.6. The minimum absolute atomic E-state index is 0.0498. The first kappa shape index (κ1) is 25.1. The molecule has 0 aromatic heterocycles. The third-order valence-electron chi connectivity index (χ3n) is 4.75. The molecule has 9 heteroatoms. The predicted octanol–water partition coefficient (Wildman–Crippen LogP) is 4.99. The molecule has 174 valence electrons. The molecule has 3 aromatic rings. The fraction of sp³-hybridized carbons (Fsp3) is 0.208. The fourth-order valence-corrected chi connectivity index (χ4v) is 5.12. The molecular weight excluding hydrogens is 480 g/mol. The van der Waals surface area contributed by atoms with Gasteiger partial charge >= 0.3 is 0 Å². The summed E-state index contributed by atoms with van der Waals surface area (Å²) in [5.74, 6) is -0.0666. The van der Waals surface area contributed by atoms with Gasteiger partial charge in [-0.15, -0.1) is 11.8 Å². The molecule has 1 atom stereocenters. The number of benzene rings is 3. The Morgan fingerprint density at radius 1 is 1.06 bits per heavy atom. The quantitative estimate of drug-likeness (QED) is 0.380. The summed E-state index contributed by atoms with van der Waals surface area (Å²) in [4.78, 5) is 14.1. The van der Waals surface area contributed by atoms with Crippen LogP contribution in [-0.4, -0.2) is 33.2 Å². The summed E-state index contributed by atoms with van der Waals surface area (Å²) < 4.78 is 34.2. The maximum atomic E-state index is 13.1. The number of carbonyl (C=O) groups excluding carboxylic acids is 1. The molecule has 6 nitrogen and oxygen atoms in total. The number of nitrogens with one attached hydrogen (secondary N) is 2. The lowest BCUT2D eigenvalue weighted by molar-refractivity contribution is -0.117. The molecular formula is C24H25ClN2O4S2. The lowest BCUT2D eigenvalue weighted by Crippen LogP contribution is -2.45. The lowest BCUT2D eigenvalue weighted by Gasteiger charge is -2.19. The maximum Gasteiger partial charge on any atom is 0.242 e. The van der Waals surface area contributed by atoms with Crippen molar-refractivity contribution in [3.63, 3.8) is 0 Å². The van der Waals surface area contributed by atoms with Crippen molar-refractivity contribution in [3.8, 4) is 5.75 Å². The second-order valence-corrected chi connectivity index (χ2v) is 10.1. The Labute approximate surface area is 203 Å². The number of hydrogen-bond acceptors (Lipinski definition) is 5. The number of rotatable bonds is 10. The van der Waals surface area contributed by atoms with E-state index in [1.807, 2.05) is 61.7 Å². The summed E-state index contributed by atoms with van der Waals surface area (Å²) in [6.45, 7) is 2.21. The Balaban J connectivity index is 1.87. The molecule has 0 aliphatic carbocycles. The molecule has 1 unspecified atom stereocenters. The number of thioether (sulfide) groups is 1. The third kappa shape index (κ3) is 6.98. The Morgan fingerprint density at radius 2 is 1.82 bits per heavy atom. The van der Waals surface area contributed by atoms with Gasteiger partial charge in [0.1, 0.15) is 11.8 Å². The molecule has 0 saturated carbocycles. The van der Waals surface area contributed by atoms with E-state index in [9.17, 15) is 13.2 Å². The van der Waals surface area contributed by atoms with E-state index in [1.54, 1.807) is 17.8 Å². The molecule has 0 heterocycles. The van der Waals surface area contributed by atoms with Crippen LogP contribution in [0.2, 0.25) is 5.02 Å². The van der Waals surface area contributed by atoms with Crippen LogP contribution in [0.4, 0.5) is 5.69 Å². The first-order valence-electron chi connectivity index (χ1n) is 10.3. The highest BCUT2D eigenvalue weighted by atomic mass is 35.5. The second kappa shape index (κ2) is 11.6. The van der Waals surface area contributed by atoms with E-state index >= 15 is 0 Å². The molecule has 3 rings (SSSR count). The average molecular weight is 505 g/mol. The van der Waals surface area contributed by atoms with E-state index in [1.165, 1.54) is 18.2 Å². The molecule has 2 N–H and O–H groups in total. The first-order chi connectivity index (χ1) is 15.8. The summed E-state index contributed by atoms with van der Waals surface area (Å²) in [5, 5.41) is 3.00. The van der Waals surface area contributed by atoms with Gasteiger partial charge < -0.3 is 10.1 Å². The van der Waals surface area contributed by atoms with Crippen LogP contribution in [0.15, 0.2) is 82.6 Å². The first-order valence-corrected chi connectivity index (χ1v) is 13.3. The van der Waals surface area contributed by atoms with E-state index < -0.39 is 22.0 Å². The average Bonchev–Trinajstić information content (AvgIpc) is 2.80. The molecule has 3 aromatic carbocycles. The van der Waals surface area contributed by atoms with Crippen LogP contribution in [-0.2, 0) is 21.2 Å². The van der Waals surface area contributed by atoms with Crippen molar-refractivity contribution < 1.29 is 17.9 Å². The third-order valence-corrected chi connectivity index (χ3v) is 7.24. The molecule has 0 bridgehead atoms. The number of hydrogen-bond donors (Lipinski definition) is 2. The zero-order valence-electron chi connectivity index (χ0n) is 18.2. The van der Waals surface area contributed by atoms with E-state index in [-0.39, 0.29) is 16.3 Å². The van der Waals surface area contributed by atoms with E-state index in [4.69, 9.17) is 16.3 Å². The van der Waals surface area contributed by atoms with Gasteiger partial charge in [-0.1, -0.05) is 48.0 Å². The van der Waals surface area contributed by atoms with Crippen LogP contribution in [0.1, 0.15) is 12.5 Å². The minimum Gasteiger partial charge on any atom is -0.492 e. The van der Waals surface area contributed by atoms with Crippen molar-refractivity contribution in [1.82, 2.24) is 4.72 Å². The number of ether oxygens (including phenoxy) is 1. The summed E-state index contributed by atoms with van der Waals surface area (Å²) in [7, 11) is -4.04. The highest BCUT2D eigenvalue weighted by Gasteiger charge is 2.27. The Morgan fingerprint density at radius 3 is 2.48 bits per heavy atom. The van der Waals surface area contributed by atoms with Crippen molar-refractivity contribution in [2.45, 2.75) is 29.2 Å². The van der Waals surface area contributed by atoms with Crippen LogP contribution in [0.25, 0.3) is 0 Å². The van der Waals surface area contributed by atoms with Crippen LogP contribution >= 0.6 is 23.4 Å². The largest absolute Gasteiger partial charge is 0.492 e. The minimum atomic E-state index is -4.04. The van der Waals surface area contributed by atoms with Gasteiger partial charge in [-0.3, -0.25) is 4.79 Å². The monoisotopic (exact) mass is 504 g/mol. The molecule has 0 spiro atoms. The molecule has 1 amide bonds. The maximum absolute atomic E-state index is 13.1. The number of sulfonamides is 1. The van der Waals surface area contributed by atoms with Gasteiger partial charge in [-0.05, 0) is 61.6 Å². The summed E-state index contributed by atoms with van der Waals surface area (Å²) in [5.41, 5.74) is 1.41. The number of carbonyl (C=O) groups is 1. The van der Waals surface area contributed by atoms with Crippen molar-refractivity contribution in [3.05, 3.63) is 83.4 Å². The molecule has 33 heavy (non-hydrogen) atoms. The van der Waals surface area contributed by atoms with Gasteiger partial charge in [0.25, 0.3) is 0 Å². The topological polar surface area (TPSA) is 84.5 Å². The van der Waals surface area contributed by atoms with Gasteiger partial charge in [0.2, 0.25) is 15.9 Å². The van der Waals surface area contributed by atoms with E-state index in [2.05, 4.69) is 10.0 Å². The van der Waals surface area contributed by atoms with Crippen LogP contribution in [0, 0.1) is 0 Å². The summed E-state index contributed by atoms with van der Waals surface area (Å²) in [6.07, 6.45) is 2.12. The van der Waals surface area contributed by atoms with Crippen LogP contribution < -0.4 is 14.8 Å². The van der Waals surface area contributed by atoms with Gasteiger partial charge in [0.05, 0.1) is 16.5 Å². The van der Waals surface area contributed by atoms with Gasteiger partial charge in [0, 0.05) is 10.6 Å². The summed E-state index contributed by atoms with van der Waals surface area (Å²) >= 11 is 7.73. The number of amides is 1. The second-order valence-electron chi connectivity index (χ2n) is 7.11. The predicted molar refractivity (Wildman–Crippen MR) is 134 cm³/mol. The van der Waals surface area contributed by atoms with E-state index in [0.29, 0.717) is 18.0 Å². The molecule has 0 fully saturated rings. The number of halogens is 1. The van der Waals surface area contributed by atoms with Gasteiger partial charge in [-0.25, -0.2) is 8.42 Å². The van der Waals surface area contributed by atoms with Crippen LogP contribution in [0.3, 0.4) is 0 Å². The zero-order chi connectivity index (χ0) is 23.8. The van der Waals surface area contributed by atoms with Crippen molar-refractivity contribution in [2.75, 3.05) is 18.2 Å². The van der Waals surface area contributed by atoms with Crippen LogP contribution in [0.5, 0.6) is 5.75 Å². The van der Waals surface area contributed by atoms with E-state index in [0.717, 1.165) is 10.5 Å². The summed E-state index contributed by atoms with van der Waals surface area (Å²) in [6, 6.07) is 19.8. The lowest BCUT2D eigenvalue weighted by atomic mass is 10.1. The smallest absolute Gasteiger partial charge is 0.242 e. The van der Waals surface area contributed by atoms with Crippen molar-refractivity contribution in [2.24, 2.45) is 0 Å². The SMILES string of the molecule is CCOc1ccc(S(=O)(=O)NC(Cc2ccccc2)C(=O)Nc2cccc(SC)c2)cc1Cl. The van der Waals surface area contributed by atoms with Crippen molar-refractivity contribution >= 4 is 45.0 Å². The molecule has 0 aliphatic heterocycles. The highest BCUT2D eigenvalue weighted by molar-refractivity contribution is 7.98. The highest BCUT2D eigenvalue weighted by Crippen LogP contribution is 2.27. The van der Waals surface area contributed by atoms with Gasteiger partial charge in [-0.2, -0.15) is 4.72 Å². The van der Waals surface area contributed by atoms with Gasteiger partial charge in [0.15, 0.2) is 0 Å². The normalized spacial score (nSPS) is 12.2. The Hall–Kier alpha value is -2.52. The number of anilines is 1. The molecule has 0 aliphatic rings. The van der Waals surface area contributed by atoms with Crippen molar-refractivity contribution in [1.29, 1.82) is 0 Å². The Bertz CT molecular complexity index is 1200. The molecule has 0 radical (unpaired) electrons. The fourth-order valence-electron chi connectivity index (χ4n) is 3.14. The standard InChI is InChI=1S/C24H25ClN2O4S2/c1-3-31-23-13-12-20(16-21(23)25)33(29,30)27-22(14-17-8-5-4-6-9-17)24(28)26-18-10-7-11-19(15-18)32-2/h4-13,15-16,22,27H,3,14H2,1-2H3,(H,26,28). The molecule has 0 saturated heterocycles. The Kier molecular flexibility index (Phi) is 8.80.